The van der Waals surface area contributed by atoms with Gasteiger partial charge in [0.2, 0.25) is 0 Å². The lowest BCUT2D eigenvalue weighted by molar-refractivity contribution is 0.0968. The van der Waals surface area contributed by atoms with Crippen LogP contribution in [0.2, 0.25) is 0 Å². The quantitative estimate of drug-likeness (QED) is 0.609. The Kier molecular flexibility index (Phi) is 5.78. The molecular formula is C22H24N2O3S. The molecule has 1 aliphatic heterocycles. The van der Waals surface area contributed by atoms with E-state index in [0.29, 0.717) is 0 Å². The van der Waals surface area contributed by atoms with E-state index in [2.05, 4.69) is 22.1 Å². The molecule has 4 rings (SSSR count). The van der Waals surface area contributed by atoms with Gasteiger partial charge in [0.1, 0.15) is 11.5 Å². The minimum Gasteiger partial charge on any atom is -0.497 e. The molecule has 0 amide bonds. The number of hydrogen-bond donors (Lipinski definition) is 0. The molecule has 2 aromatic carbocycles. The van der Waals surface area contributed by atoms with Gasteiger partial charge in [0.05, 0.1) is 38.2 Å². The van der Waals surface area contributed by atoms with Gasteiger partial charge in [0.15, 0.2) is 4.80 Å². The molecule has 0 N–H and O–H groups in total. The van der Waals surface area contributed by atoms with E-state index < -0.39 is 0 Å². The minimum atomic E-state index is 0.237. The van der Waals surface area contributed by atoms with Crippen LogP contribution in [0, 0.1) is 0 Å². The van der Waals surface area contributed by atoms with Gasteiger partial charge < -0.3 is 18.8 Å². The number of aromatic nitrogens is 1. The summed E-state index contributed by atoms with van der Waals surface area (Å²) in [4.78, 5) is 5.85. The van der Waals surface area contributed by atoms with E-state index in [4.69, 9.17) is 19.2 Å². The number of nitrogens with zero attached hydrogens (tertiary/aromatic N) is 2. The van der Waals surface area contributed by atoms with Crippen LogP contribution in [0.4, 0.5) is 5.69 Å². The van der Waals surface area contributed by atoms with Gasteiger partial charge in [0.25, 0.3) is 0 Å². The summed E-state index contributed by atoms with van der Waals surface area (Å²) in [5.41, 5.74) is 3.20. The third kappa shape index (κ3) is 4.13. The zero-order chi connectivity index (χ0) is 19.3. The van der Waals surface area contributed by atoms with Crippen molar-refractivity contribution < 1.29 is 14.2 Å². The Morgan fingerprint density at radius 2 is 1.71 bits per heavy atom. The molecule has 6 heteroatoms. The summed E-state index contributed by atoms with van der Waals surface area (Å²) in [5.74, 6) is 1.68. The summed E-state index contributed by atoms with van der Waals surface area (Å²) in [6.45, 7) is 1.65. The van der Waals surface area contributed by atoms with Crippen LogP contribution in [-0.4, -0.2) is 31.5 Å². The van der Waals surface area contributed by atoms with Gasteiger partial charge in [-0.2, -0.15) is 0 Å². The average Bonchev–Trinajstić information content (AvgIpc) is 3.40. The normalized spacial score (nSPS) is 17.1. The molecule has 0 aliphatic carbocycles. The van der Waals surface area contributed by atoms with E-state index in [9.17, 15) is 0 Å². The van der Waals surface area contributed by atoms with Crippen molar-refractivity contribution in [3.63, 3.8) is 0 Å². The molecule has 1 saturated heterocycles. The highest BCUT2D eigenvalue weighted by molar-refractivity contribution is 7.07. The molecule has 3 aromatic rings. The molecule has 1 fully saturated rings. The van der Waals surface area contributed by atoms with Crippen molar-refractivity contribution in [3.8, 4) is 22.8 Å². The highest BCUT2D eigenvalue weighted by Gasteiger charge is 2.19. The number of hydrogen-bond acceptors (Lipinski definition) is 5. The van der Waals surface area contributed by atoms with Crippen LogP contribution < -0.4 is 14.3 Å². The molecule has 1 aliphatic rings. The Hall–Kier alpha value is -2.57. The first-order valence-corrected chi connectivity index (χ1v) is 10.3. The Morgan fingerprint density at radius 1 is 1.04 bits per heavy atom. The average molecular weight is 397 g/mol. The van der Waals surface area contributed by atoms with Crippen LogP contribution in [0.1, 0.15) is 12.8 Å². The van der Waals surface area contributed by atoms with E-state index >= 15 is 0 Å². The predicted octanol–water partition coefficient (Wildman–Crippen LogP) is 4.65. The number of methoxy groups -OCH3 is 2. The van der Waals surface area contributed by atoms with Crippen LogP contribution in [0.5, 0.6) is 11.5 Å². The van der Waals surface area contributed by atoms with Gasteiger partial charge in [-0.1, -0.05) is 0 Å². The summed E-state index contributed by atoms with van der Waals surface area (Å²) in [5, 5.41) is 2.17. The van der Waals surface area contributed by atoms with Crippen molar-refractivity contribution in [1.82, 2.24) is 4.57 Å². The minimum absolute atomic E-state index is 0.237. The third-order valence-corrected chi connectivity index (χ3v) is 5.75. The smallest absolute Gasteiger partial charge is 0.190 e. The number of thiazole rings is 1. The third-order valence-electron chi connectivity index (χ3n) is 4.89. The maximum atomic E-state index is 5.89. The van der Waals surface area contributed by atoms with Crippen LogP contribution in [0.15, 0.2) is 58.9 Å². The second-order valence-electron chi connectivity index (χ2n) is 6.69. The predicted molar refractivity (Wildman–Crippen MR) is 111 cm³/mol. The van der Waals surface area contributed by atoms with Gasteiger partial charge in [-0.25, -0.2) is 4.99 Å². The Morgan fingerprint density at radius 3 is 2.32 bits per heavy atom. The SMILES string of the molecule is COc1ccc(N=c2scc(-c3ccc(OC)cc3)n2CC2CCCO2)cc1. The first-order valence-electron chi connectivity index (χ1n) is 9.40. The summed E-state index contributed by atoms with van der Waals surface area (Å²) in [6, 6.07) is 16.0. The maximum absolute atomic E-state index is 5.89. The molecule has 0 radical (unpaired) electrons. The van der Waals surface area contributed by atoms with E-state index in [1.165, 1.54) is 0 Å². The number of ether oxygens (including phenoxy) is 3. The van der Waals surface area contributed by atoms with Crippen molar-refractivity contribution in [2.45, 2.75) is 25.5 Å². The monoisotopic (exact) mass is 396 g/mol. The molecule has 2 heterocycles. The van der Waals surface area contributed by atoms with Crippen LogP contribution in [0.3, 0.4) is 0 Å². The largest absolute Gasteiger partial charge is 0.497 e. The molecule has 1 aromatic heterocycles. The molecule has 146 valence electrons. The zero-order valence-electron chi connectivity index (χ0n) is 16.1. The van der Waals surface area contributed by atoms with Crippen LogP contribution in [-0.2, 0) is 11.3 Å². The van der Waals surface area contributed by atoms with E-state index in [1.54, 1.807) is 25.6 Å². The highest BCUT2D eigenvalue weighted by atomic mass is 32.1. The first kappa shape index (κ1) is 18.8. The van der Waals surface area contributed by atoms with Crippen molar-refractivity contribution >= 4 is 17.0 Å². The molecule has 0 bridgehead atoms. The Balaban J connectivity index is 1.74. The molecule has 0 spiro atoms. The van der Waals surface area contributed by atoms with Crippen molar-refractivity contribution in [2.24, 2.45) is 4.99 Å². The lowest BCUT2D eigenvalue weighted by Gasteiger charge is -2.14. The number of benzene rings is 2. The Bertz CT molecular complexity index is 968. The fraction of sp³-hybridized carbons (Fsp3) is 0.318. The second kappa shape index (κ2) is 8.63. The van der Waals surface area contributed by atoms with E-state index in [1.807, 2.05) is 36.4 Å². The molecule has 1 atom stereocenters. The van der Waals surface area contributed by atoms with Gasteiger partial charge in [0, 0.05) is 12.0 Å². The van der Waals surface area contributed by atoms with Crippen LogP contribution >= 0.6 is 11.3 Å². The van der Waals surface area contributed by atoms with E-state index in [0.717, 1.165) is 59.2 Å². The second-order valence-corrected chi connectivity index (χ2v) is 7.52. The first-order chi connectivity index (χ1) is 13.8. The standard InChI is InChI=1S/C22H24N2O3S/c1-25-18-9-5-16(6-10-18)21-15-28-22(24(21)14-20-4-3-13-27-20)23-17-7-11-19(26-2)12-8-17/h5-12,15,20H,3-4,13-14H2,1-2H3. The molecule has 0 saturated carbocycles. The Labute approximate surface area is 168 Å². The van der Waals surface area contributed by atoms with Gasteiger partial charge in [-0.05, 0) is 66.9 Å². The van der Waals surface area contributed by atoms with Gasteiger partial charge in [-0.15, -0.1) is 11.3 Å². The van der Waals surface area contributed by atoms with E-state index in [-0.39, 0.29) is 6.10 Å². The van der Waals surface area contributed by atoms with Crippen molar-refractivity contribution in [3.05, 3.63) is 58.7 Å². The molecular weight excluding hydrogens is 372 g/mol. The summed E-state index contributed by atoms with van der Waals surface area (Å²) < 4.78 is 18.7. The topological polar surface area (TPSA) is 45.0 Å². The summed E-state index contributed by atoms with van der Waals surface area (Å²) in [6.07, 6.45) is 2.45. The molecule has 5 nitrogen and oxygen atoms in total. The zero-order valence-corrected chi connectivity index (χ0v) is 16.9. The van der Waals surface area contributed by atoms with Crippen molar-refractivity contribution in [1.29, 1.82) is 0 Å². The maximum Gasteiger partial charge on any atom is 0.190 e. The fourth-order valence-corrected chi connectivity index (χ4v) is 4.29. The van der Waals surface area contributed by atoms with Crippen molar-refractivity contribution in [2.75, 3.05) is 20.8 Å². The lowest BCUT2D eigenvalue weighted by Crippen LogP contribution is -2.24. The summed E-state index contributed by atoms with van der Waals surface area (Å²) in [7, 11) is 3.35. The molecule has 1 unspecified atom stereocenters. The van der Waals surface area contributed by atoms with Gasteiger partial charge >= 0.3 is 0 Å². The highest BCUT2D eigenvalue weighted by Crippen LogP contribution is 2.25. The summed E-state index contributed by atoms with van der Waals surface area (Å²) >= 11 is 1.65. The van der Waals surface area contributed by atoms with Gasteiger partial charge in [-0.3, -0.25) is 0 Å². The van der Waals surface area contributed by atoms with Crippen LogP contribution in [0.25, 0.3) is 11.3 Å². The fourth-order valence-electron chi connectivity index (χ4n) is 3.35. The molecule has 28 heavy (non-hydrogen) atoms. The lowest BCUT2D eigenvalue weighted by atomic mass is 10.1. The number of rotatable bonds is 6.